The minimum absolute atomic E-state index is 0.0331. The van der Waals surface area contributed by atoms with E-state index in [0.717, 1.165) is 30.4 Å². The van der Waals surface area contributed by atoms with Gasteiger partial charge in [0.2, 0.25) is 0 Å². The number of nitrogens with zero attached hydrogens (tertiary/aromatic N) is 3. The molecule has 45 heavy (non-hydrogen) atoms. The Balaban J connectivity index is 1.34. The van der Waals surface area contributed by atoms with Crippen molar-refractivity contribution in [1.29, 1.82) is 0 Å². The van der Waals surface area contributed by atoms with Crippen molar-refractivity contribution >= 4 is 18.2 Å². The number of terminal acetylenes is 1. The number of carbonyl (C=O) groups is 3. The molecule has 1 aromatic carbocycles. The molecule has 0 spiro atoms. The number of carboxylic acid groups (broad SMARTS) is 1. The number of aromatic amines is 1. The molecule has 0 bridgehead atoms. The van der Waals surface area contributed by atoms with Crippen molar-refractivity contribution in [1.82, 2.24) is 19.4 Å². The second-order valence-electron chi connectivity index (χ2n) is 11.1. The molecule has 1 unspecified atom stereocenters. The van der Waals surface area contributed by atoms with Gasteiger partial charge in [-0.1, -0.05) is 18.1 Å². The summed E-state index contributed by atoms with van der Waals surface area (Å²) < 4.78 is 23.0. The van der Waals surface area contributed by atoms with Gasteiger partial charge in [-0.05, 0) is 43.9 Å². The molecule has 2 aliphatic heterocycles. The average Bonchev–Trinajstić information content (AvgIpc) is 3.39. The molecule has 4 atom stereocenters. The maximum absolute atomic E-state index is 12.5. The number of esters is 1. The number of aryl methyl sites for hydroxylation is 1. The second kappa shape index (κ2) is 15.4. The van der Waals surface area contributed by atoms with Crippen molar-refractivity contribution < 1.29 is 38.4 Å². The Labute approximate surface area is 259 Å². The number of nitrogens with one attached hydrogen (secondary N) is 1. The van der Waals surface area contributed by atoms with E-state index in [2.05, 4.69) is 10.9 Å². The molecule has 242 valence electrons. The molecule has 2 saturated heterocycles. The van der Waals surface area contributed by atoms with E-state index in [1.54, 1.807) is 0 Å². The normalized spacial score (nSPS) is 21.2. The lowest BCUT2D eigenvalue weighted by Crippen LogP contribution is -2.49. The fourth-order valence-electron chi connectivity index (χ4n) is 5.55. The Hall–Kier alpha value is -4.61. The number of rotatable bonds is 11. The second-order valence-corrected chi connectivity index (χ2v) is 11.1. The van der Waals surface area contributed by atoms with Crippen molar-refractivity contribution in [2.75, 3.05) is 32.8 Å². The van der Waals surface area contributed by atoms with Crippen LogP contribution in [-0.2, 0) is 30.3 Å². The highest BCUT2D eigenvalue weighted by Crippen LogP contribution is 2.30. The molecule has 2 N–H and O–H groups in total. The summed E-state index contributed by atoms with van der Waals surface area (Å²) in [4.78, 5) is 65.8. The van der Waals surface area contributed by atoms with E-state index in [9.17, 15) is 29.1 Å². The third-order valence-corrected chi connectivity index (χ3v) is 7.82. The molecule has 1 amide bonds. The zero-order valence-corrected chi connectivity index (χ0v) is 25.3. The van der Waals surface area contributed by atoms with Crippen LogP contribution in [0.25, 0.3) is 0 Å². The smallest absolute Gasteiger partial charge is 0.465 e. The summed E-state index contributed by atoms with van der Waals surface area (Å²) in [6.45, 7) is 4.14. The number of benzene rings is 1. The fourth-order valence-corrected chi connectivity index (χ4v) is 5.55. The molecule has 3 heterocycles. The fraction of sp³-hybridized carbons (Fsp3) is 0.516. The Kier molecular flexibility index (Phi) is 11.4. The minimum atomic E-state index is -0.969. The molecule has 14 nitrogen and oxygen atoms in total. The maximum Gasteiger partial charge on any atom is 0.508 e. The van der Waals surface area contributed by atoms with E-state index in [1.807, 2.05) is 29.2 Å². The van der Waals surface area contributed by atoms with Gasteiger partial charge in [0, 0.05) is 62.9 Å². The first-order valence-corrected chi connectivity index (χ1v) is 14.8. The van der Waals surface area contributed by atoms with Crippen molar-refractivity contribution in [3.8, 4) is 12.3 Å². The van der Waals surface area contributed by atoms with Gasteiger partial charge in [-0.25, -0.2) is 14.4 Å². The van der Waals surface area contributed by atoms with Crippen LogP contribution < -0.4 is 11.2 Å². The summed E-state index contributed by atoms with van der Waals surface area (Å²) >= 11 is 0. The number of carbonyl (C=O) groups excluding carboxylic acids is 2. The van der Waals surface area contributed by atoms with Gasteiger partial charge in [0.05, 0.1) is 0 Å². The van der Waals surface area contributed by atoms with Crippen LogP contribution >= 0.6 is 0 Å². The lowest BCUT2D eigenvalue weighted by molar-refractivity contribution is -0.150. The number of likely N-dealkylation sites (tertiary alicyclic amines) is 1. The van der Waals surface area contributed by atoms with E-state index >= 15 is 0 Å². The summed E-state index contributed by atoms with van der Waals surface area (Å²) in [6.07, 6.45) is 4.90. The van der Waals surface area contributed by atoms with E-state index < -0.39 is 47.9 Å². The van der Waals surface area contributed by atoms with Crippen LogP contribution in [0.3, 0.4) is 0 Å². The molecule has 2 fully saturated rings. The van der Waals surface area contributed by atoms with Crippen LogP contribution in [0.1, 0.15) is 55.5 Å². The molecule has 0 radical (unpaired) electrons. The van der Waals surface area contributed by atoms with E-state index in [1.165, 1.54) is 29.5 Å². The third kappa shape index (κ3) is 9.19. The molecule has 0 saturated carbocycles. The molecular weight excluding hydrogens is 588 g/mol. The maximum atomic E-state index is 12.5. The Bertz CT molecular complexity index is 1510. The topological polar surface area (TPSA) is 170 Å². The first-order chi connectivity index (χ1) is 21.5. The molecule has 4 rings (SSSR count). The Morgan fingerprint density at radius 2 is 1.93 bits per heavy atom. The van der Waals surface area contributed by atoms with Crippen LogP contribution in [0.4, 0.5) is 9.59 Å². The average molecular weight is 627 g/mol. The van der Waals surface area contributed by atoms with E-state index in [0.29, 0.717) is 31.7 Å². The van der Waals surface area contributed by atoms with Gasteiger partial charge in [-0.3, -0.25) is 24.0 Å². The summed E-state index contributed by atoms with van der Waals surface area (Å²) in [6, 6.07) is 7.28. The van der Waals surface area contributed by atoms with Crippen molar-refractivity contribution in [3.63, 3.8) is 0 Å². The molecule has 2 aliphatic rings. The lowest BCUT2D eigenvalue weighted by atomic mass is 10.0. The quantitative estimate of drug-likeness (QED) is 0.277. The molecule has 14 heteroatoms. The van der Waals surface area contributed by atoms with Crippen molar-refractivity contribution in [3.05, 3.63) is 68.0 Å². The predicted molar refractivity (Wildman–Crippen MR) is 159 cm³/mol. The Morgan fingerprint density at radius 3 is 2.62 bits per heavy atom. The van der Waals surface area contributed by atoms with Gasteiger partial charge >= 0.3 is 23.9 Å². The molecule has 2 aromatic rings. The van der Waals surface area contributed by atoms with Gasteiger partial charge in [0.15, 0.2) is 0 Å². The summed E-state index contributed by atoms with van der Waals surface area (Å²) in [5.74, 6) is 2.01. The van der Waals surface area contributed by atoms with E-state index in [-0.39, 0.29) is 25.7 Å². The first kappa shape index (κ1) is 33.3. The number of aromatic nitrogens is 2. The minimum Gasteiger partial charge on any atom is -0.465 e. The van der Waals surface area contributed by atoms with Crippen LogP contribution in [0.5, 0.6) is 0 Å². The van der Waals surface area contributed by atoms with E-state index in [4.69, 9.17) is 25.4 Å². The zero-order chi connectivity index (χ0) is 32.5. The van der Waals surface area contributed by atoms with Crippen molar-refractivity contribution in [2.24, 2.45) is 0 Å². The number of hydrogen-bond donors (Lipinski definition) is 2. The monoisotopic (exact) mass is 626 g/mol. The Morgan fingerprint density at radius 1 is 1.18 bits per heavy atom. The summed E-state index contributed by atoms with van der Waals surface area (Å²) in [5, 5.41) is 9.69. The van der Waals surface area contributed by atoms with Crippen LogP contribution in [0.15, 0.2) is 40.1 Å². The molecule has 0 aliphatic carbocycles. The van der Waals surface area contributed by atoms with Crippen molar-refractivity contribution in [2.45, 2.75) is 70.6 Å². The largest absolute Gasteiger partial charge is 0.508 e. The highest BCUT2D eigenvalue weighted by Gasteiger charge is 2.40. The number of hydrogen-bond acceptors (Lipinski definition) is 10. The summed E-state index contributed by atoms with van der Waals surface area (Å²) in [5.41, 5.74) is 0.801. The number of H-pyrrole nitrogens is 1. The summed E-state index contributed by atoms with van der Waals surface area (Å²) in [7, 11) is 0. The highest BCUT2D eigenvalue weighted by atomic mass is 16.7. The number of amides is 1. The van der Waals surface area contributed by atoms with Gasteiger partial charge < -0.3 is 29.0 Å². The van der Waals surface area contributed by atoms with Gasteiger partial charge in [-0.15, -0.1) is 6.42 Å². The van der Waals surface area contributed by atoms with Gasteiger partial charge in [0.1, 0.15) is 31.6 Å². The molecule has 1 aromatic heterocycles. The molecular formula is C31H38N4O10. The number of ether oxygens (including phenoxy) is 4. The predicted octanol–water partition coefficient (Wildman–Crippen LogP) is 2.23. The third-order valence-electron chi connectivity index (χ3n) is 7.82. The van der Waals surface area contributed by atoms with Gasteiger partial charge in [-0.2, -0.15) is 0 Å². The number of piperidine rings is 1. The van der Waals surface area contributed by atoms with Crippen LogP contribution in [0, 0.1) is 19.3 Å². The van der Waals surface area contributed by atoms with Gasteiger partial charge in [0.25, 0.3) is 5.56 Å². The SMILES string of the molecule is C#Cc1ccc(CN(CCOC(=O)OC[C@H]2O[C@@H](n3cc(C)c(=O)[nH]c3=O)C[C@@H]2OC(C)=O)CC2CCCCN2C(=O)O)cc1. The standard InChI is InChI=1S/C31H38N4O10/c1-4-22-8-10-23(11-9-22)17-33(18-24-7-5-6-12-34(24)30(39)40)13-14-42-31(41)43-19-26-25(44-21(3)36)15-27(45-26)35-16-20(2)28(37)32-29(35)38/h1,8-11,16,24-27H,5-7,12-15,17-19H2,2-3H3,(H,39,40)(H,32,37,38)/t24?,25-,26+,27+/m0/s1. The first-order valence-electron chi connectivity index (χ1n) is 14.8. The van der Waals surface area contributed by atoms with Crippen LogP contribution in [-0.4, -0.2) is 93.8 Å². The zero-order valence-electron chi connectivity index (χ0n) is 25.3. The van der Waals surface area contributed by atoms with Crippen LogP contribution in [0.2, 0.25) is 0 Å². The lowest BCUT2D eigenvalue weighted by Gasteiger charge is -2.37. The highest BCUT2D eigenvalue weighted by molar-refractivity contribution is 5.66.